The minimum absolute atomic E-state index is 0.241. The van der Waals surface area contributed by atoms with Crippen LogP contribution in [0.15, 0.2) is 24.3 Å². The number of hydrogen-bond donors (Lipinski definition) is 4. The summed E-state index contributed by atoms with van der Waals surface area (Å²) in [6.07, 6.45) is 25.4. The summed E-state index contributed by atoms with van der Waals surface area (Å²) in [6, 6.07) is -1.49. The molecule has 3 atom stereocenters. The zero-order chi connectivity index (χ0) is 29.2. The molecule has 0 spiro atoms. The lowest BCUT2D eigenvalue weighted by molar-refractivity contribution is -0.147. The fourth-order valence-corrected chi connectivity index (χ4v) is 4.34. The second-order valence-corrected chi connectivity index (χ2v) is 11.2. The molecule has 11 heteroatoms. The van der Waals surface area contributed by atoms with E-state index in [0.29, 0.717) is 6.42 Å². The summed E-state index contributed by atoms with van der Waals surface area (Å²) in [5.41, 5.74) is 5.16. The van der Waals surface area contributed by atoms with Gasteiger partial charge in [0.2, 0.25) is 0 Å². The fourth-order valence-electron chi connectivity index (χ4n) is 3.56. The molecule has 0 bridgehead atoms. The zero-order valence-electron chi connectivity index (χ0n) is 23.7. The third-order valence-electron chi connectivity index (χ3n) is 5.93. The lowest BCUT2D eigenvalue weighted by Crippen LogP contribution is -2.34. The summed E-state index contributed by atoms with van der Waals surface area (Å²) in [5, 5.41) is 18.4. The Bertz CT molecular complexity index is 730. The van der Waals surface area contributed by atoms with Crippen LogP contribution < -0.4 is 5.73 Å². The van der Waals surface area contributed by atoms with Gasteiger partial charge in [0, 0.05) is 6.42 Å². The van der Waals surface area contributed by atoms with E-state index in [1.165, 1.54) is 57.8 Å². The number of aliphatic hydroxyl groups excluding tert-OH is 1. The molecule has 0 aromatic heterocycles. The maximum Gasteiger partial charge on any atom is 0.472 e. The molecule has 0 aromatic carbocycles. The third-order valence-corrected chi connectivity index (χ3v) is 6.88. The second kappa shape index (κ2) is 25.4. The van der Waals surface area contributed by atoms with E-state index in [4.69, 9.17) is 15.6 Å². The molecule has 10 nitrogen and oxygen atoms in total. The number of hydrogen-bond acceptors (Lipinski definition) is 8. The molecule has 0 heterocycles. The first-order valence-corrected chi connectivity index (χ1v) is 15.9. The number of ether oxygens (including phenoxy) is 1. The average Bonchev–Trinajstić information content (AvgIpc) is 2.90. The highest BCUT2D eigenvalue weighted by Gasteiger charge is 2.26. The number of unbranched alkanes of at least 4 members (excludes halogenated alkanes) is 12. The van der Waals surface area contributed by atoms with Gasteiger partial charge in [-0.25, -0.2) is 4.57 Å². The number of rotatable bonds is 27. The number of allylic oxidation sites excluding steroid dienone is 4. The quantitative estimate of drug-likeness (QED) is 0.0405. The minimum atomic E-state index is -4.59. The minimum Gasteiger partial charge on any atom is -0.480 e. The topological polar surface area (TPSA) is 166 Å². The van der Waals surface area contributed by atoms with Crippen LogP contribution in [-0.4, -0.2) is 59.0 Å². The molecule has 228 valence electrons. The zero-order valence-corrected chi connectivity index (χ0v) is 24.6. The van der Waals surface area contributed by atoms with E-state index >= 15 is 0 Å². The highest BCUT2D eigenvalue weighted by molar-refractivity contribution is 7.47. The lowest BCUT2D eigenvalue weighted by Gasteiger charge is -2.16. The molecule has 39 heavy (non-hydrogen) atoms. The number of carboxylic acid groups (broad SMARTS) is 1. The summed E-state index contributed by atoms with van der Waals surface area (Å²) >= 11 is 0. The second-order valence-electron chi connectivity index (χ2n) is 9.74. The normalized spacial score (nSPS) is 15.0. The lowest BCUT2D eigenvalue weighted by atomic mass is 10.1. The van der Waals surface area contributed by atoms with Crippen molar-refractivity contribution in [3.8, 4) is 0 Å². The Kier molecular flexibility index (Phi) is 24.4. The smallest absolute Gasteiger partial charge is 0.472 e. The van der Waals surface area contributed by atoms with Gasteiger partial charge < -0.3 is 25.6 Å². The van der Waals surface area contributed by atoms with Gasteiger partial charge in [-0.1, -0.05) is 89.0 Å². The maximum atomic E-state index is 11.8. The number of carbonyl (C=O) groups is 2. The van der Waals surface area contributed by atoms with E-state index in [-0.39, 0.29) is 13.0 Å². The Labute approximate surface area is 234 Å². The molecular formula is C28H52NO9P. The van der Waals surface area contributed by atoms with Gasteiger partial charge in [0.15, 0.2) is 0 Å². The van der Waals surface area contributed by atoms with Crippen molar-refractivity contribution in [3.63, 3.8) is 0 Å². The molecule has 0 aliphatic carbocycles. The van der Waals surface area contributed by atoms with E-state index in [1.807, 2.05) is 0 Å². The van der Waals surface area contributed by atoms with Gasteiger partial charge in [-0.3, -0.25) is 18.6 Å². The molecule has 0 saturated heterocycles. The van der Waals surface area contributed by atoms with Gasteiger partial charge in [0.25, 0.3) is 0 Å². The molecule has 0 rings (SSSR count). The number of esters is 1. The number of phosphoric ester groups is 1. The third kappa shape index (κ3) is 26.4. The van der Waals surface area contributed by atoms with Crippen LogP contribution in [0.5, 0.6) is 0 Å². The van der Waals surface area contributed by atoms with Crippen LogP contribution in [0.3, 0.4) is 0 Å². The van der Waals surface area contributed by atoms with Crippen LogP contribution in [0.25, 0.3) is 0 Å². The standard InChI is InChI=1S/C28H52NO9P/c1-2-3-4-5-6-7-8-9-10-11-12-13-14-15-16-17-18-19-20-21-27(31)36-22-25(30)23-37-39(34,35)38-24-26(29)28(32)33/h6-7,9-10,25-26,30H,2-5,8,11-24,29H2,1H3,(H,32,33)(H,34,35)/b7-6-,10-9-/t25-,26+/m1/s1. The van der Waals surface area contributed by atoms with E-state index in [9.17, 15) is 24.2 Å². The molecule has 5 N–H and O–H groups in total. The van der Waals surface area contributed by atoms with Gasteiger partial charge >= 0.3 is 19.8 Å². The van der Waals surface area contributed by atoms with E-state index in [1.54, 1.807) is 0 Å². The molecule has 0 radical (unpaired) electrons. The Balaban J connectivity index is 3.55. The number of nitrogens with two attached hydrogens (primary N) is 1. The molecule has 1 unspecified atom stereocenters. The van der Waals surface area contributed by atoms with E-state index in [0.717, 1.165) is 32.1 Å². The van der Waals surface area contributed by atoms with Gasteiger partial charge in [0.05, 0.1) is 13.2 Å². The number of phosphoric acid groups is 1. The number of carbonyl (C=O) groups excluding carboxylic acids is 1. The van der Waals surface area contributed by atoms with Crippen LogP contribution in [-0.2, 0) is 27.9 Å². The first-order valence-electron chi connectivity index (χ1n) is 14.4. The van der Waals surface area contributed by atoms with E-state index < -0.39 is 45.1 Å². The molecule has 0 saturated carbocycles. The highest BCUT2D eigenvalue weighted by Crippen LogP contribution is 2.43. The van der Waals surface area contributed by atoms with Crippen molar-refractivity contribution >= 4 is 19.8 Å². The van der Waals surface area contributed by atoms with Crippen molar-refractivity contribution in [1.82, 2.24) is 0 Å². The molecule has 0 aliphatic rings. The monoisotopic (exact) mass is 577 g/mol. The SMILES string of the molecule is CCCCC/C=C\C/C=C\CCCCCCCCCCCC(=O)OC[C@@H](O)COP(=O)(O)OC[C@H](N)C(=O)O. The average molecular weight is 578 g/mol. The predicted octanol–water partition coefficient (Wildman–Crippen LogP) is 5.81. The summed E-state index contributed by atoms with van der Waals surface area (Å²) in [4.78, 5) is 31.8. The first kappa shape index (κ1) is 37.5. The van der Waals surface area contributed by atoms with Crippen molar-refractivity contribution in [2.45, 2.75) is 122 Å². The van der Waals surface area contributed by atoms with Gasteiger partial charge in [-0.2, -0.15) is 0 Å². The van der Waals surface area contributed by atoms with Gasteiger partial charge in [0.1, 0.15) is 18.8 Å². The molecule has 0 aliphatic heterocycles. The number of aliphatic hydroxyl groups is 1. The first-order chi connectivity index (χ1) is 18.7. The predicted molar refractivity (Wildman–Crippen MR) is 152 cm³/mol. The van der Waals surface area contributed by atoms with Crippen molar-refractivity contribution in [2.75, 3.05) is 19.8 Å². The van der Waals surface area contributed by atoms with Gasteiger partial charge in [-0.15, -0.1) is 0 Å². The molecule has 0 aromatic rings. The number of aliphatic carboxylic acids is 1. The molecule has 0 amide bonds. The van der Waals surface area contributed by atoms with Crippen LogP contribution >= 0.6 is 7.82 Å². The summed E-state index contributed by atoms with van der Waals surface area (Å²) in [5.74, 6) is -1.86. The molecule has 0 fully saturated rings. The van der Waals surface area contributed by atoms with Crippen LogP contribution in [0, 0.1) is 0 Å². The number of carboxylic acids is 1. The van der Waals surface area contributed by atoms with Crippen molar-refractivity contribution in [1.29, 1.82) is 0 Å². The maximum absolute atomic E-state index is 11.8. The summed E-state index contributed by atoms with van der Waals surface area (Å²) in [7, 11) is -4.59. The van der Waals surface area contributed by atoms with Crippen molar-refractivity contribution < 1.29 is 43.0 Å². The van der Waals surface area contributed by atoms with E-state index in [2.05, 4.69) is 40.3 Å². The molecular weight excluding hydrogens is 525 g/mol. The largest absolute Gasteiger partial charge is 0.480 e. The van der Waals surface area contributed by atoms with Crippen LogP contribution in [0.2, 0.25) is 0 Å². The van der Waals surface area contributed by atoms with Gasteiger partial charge in [-0.05, 0) is 38.5 Å². The van der Waals surface area contributed by atoms with Crippen LogP contribution in [0.1, 0.15) is 110 Å². The Morgan fingerprint density at radius 3 is 1.87 bits per heavy atom. The summed E-state index contributed by atoms with van der Waals surface area (Å²) in [6.45, 7) is 0.478. The highest BCUT2D eigenvalue weighted by atomic mass is 31.2. The van der Waals surface area contributed by atoms with Crippen molar-refractivity contribution in [3.05, 3.63) is 24.3 Å². The Morgan fingerprint density at radius 1 is 0.795 bits per heavy atom. The summed E-state index contributed by atoms with van der Waals surface area (Å²) < 4.78 is 25.6. The fraction of sp³-hybridized carbons (Fsp3) is 0.786. The van der Waals surface area contributed by atoms with Crippen molar-refractivity contribution in [2.24, 2.45) is 5.73 Å². The Morgan fingerprint density at radius 2 is 1.31 bits per heavy atom. The van der Waals surface area contributed by atoms with Crippen LogP contribution in [0.4, 0.5) is 0 Å². The Hall–Kier alpha value is -1.55.